The smallest absolute Gasteiger partial charge is 0.308 e. The third-order valence-electron chi connectivity index (χ3n) is 3.64. The third kappa shape index (κ3) is 5.24. The SMILES string of the molecule is Cc1ccc(NC(=O)Nc2nncc(-c3ccccc3)n2)cc1NS(C)(=O)=O. The van der Waals surface area contributed by atoms with Crippen LogP contribution in [-0.4, -0.2) is 35.9 Å². The first-order chi connectivity index (χ1) is 13.3. The van der Waals surface area contributed by atoms with Crippen LogP contribution in [0.3, 0.4) is 0 Å². The lowest BCUT2D eigenvalue weighted by molar-refractivity contribution is 0.262. The third-order valence-corrected chi connectivity index (χ3v) is 4.24. The van der Waals surface area contributed by atoms with Crippen molar-refractivity contribution in [3.63, 3.8) is 0 Å². The first kappa shape index (κ1) is 19.2. The van der Waals surface area contributed by atoms with E-state index in [0.717, 1.165) is 17.4 Å². The maximum Gasteiger partial charge on any atom is 0.326 e. The molecule has 0 aliphatic heterocycles. The number of aromatic nitrogens is 3. The van der Waals surface area contributed by atoms with Gasteiger partial charge < -0.3 is 5.32 Å². The number of anilines is 3. The van der Waals surface area contributed by atoms with Crippen molar-refractivity contribution < 1.29 is 13.2 Å². The van der Waals surface area contributed by atoms with Gasteiger partial charge in [-0.3, -0.25) is 10.0 Å². The average Bonchev–Trinajstić information content (AvgIpc) is 2.64. The summed E-state index contributed by atoms with van der Waals surface area (Å²) in [5, 5.41) is 12.8. The summed E-state index contributed by atoms with van der Waals surface area (Å²) in [6, 6.07) is 13.7. The number of rotatable bonds is 5. The van der Waals surface area contributed by atoms with E-state index in [9.17, 15) is 13.2 Å². The minimum atomic E-state index is -3.43. The van der Waals surface area contributed by atoms with Crippen molar-refractivity contribution in [2.45, 2.75) is 6.92 Å². The molecule has 3 rings (SSSR count). The van der Waals surface area contributed by atoms with Gasteiger partial charge in [-0.25, -0.2) is 18.2 Å². The summed E-state index contributed by atoms with van der Waals surface area (Å²) >= 11 is 0. The van der Waals surface area contributed by atoms with Gasteiger partial charge in [0, 0.05) is 11.3 Å². The topological polar surface area (TPSA) is 126 Å². The maximum absolute atomic E-state index is 12.2. The van der Waals surface area contributed by atoms with Gasteiger partial charge in [0.15, 0.2) is 0 Å². The van der Waals surface area contributed by atoms with E-state index in [1.807, 2.05) is 30.3 Å². The van der Waals surface area contributed by atoms with Gasteiger partial charge in [-0.15, -0.1) is 5.10 Å². The second-order valence-corrected chi connectivity index (χ2v) is 7.76. The summed E-state index contributed by atoms with van der Waals surface area (Å²) in [7, 11) is -3.43. The Morgan fingerprint density at radius 3 is 2.50 bits per heavy atom. The summed E-state index contributed by atoms with van der Waals surface area (Å²) in [4.78, 5) is 16.5. The number of aryl methyl sites for hydroxylation is 1. The quantitative estimate of drug-likeness (QED) is 0.607. The number of hydrogen-bond acceptors (Lipinski definition) is 6. The van der Waals surface area contributed by atoms with Crippen molar-refractivity contribution >= 4 is 33.4 Å². The molecule has 2 amide bonds. The Kier molecular flexibility index (Phi) is 5.50. The van der Waals surface area contributed by atoms with Crippen molar-refractivity contribution in [1.29, 1.82) is 0 Å². The van der Waals surface area contributed by atoms with E-state index in [1.54, 1.807) is 19.1 Å². The van der Waals surface area contributed by atoms with Crippen LogP contribution >= 0.6 is 0 Å². The highest BCUT2D eigenvalue weighted by atomic mass is 32.2. The van der Waals surface area contributed by atoms with Gasteiger partial charge in [-0.1, -0.05) is 36.4 Å². The fraction of sp³-hybridized carbons (Fsp3) is 0.111. The minimum absolute atomic E-state index is 0.0421. The summed E-state index contributed by atoms with van der Waals surface area (Å²) in [6.45, 7) is 1.76. The Morgan fingerprint density at radius 1 is 1.04 bits per heavy atom. The summed E-state index contributed by atoms with van der Waals surface area (Å²) < 4.78 is 25.3. The molecule has 0 aliphatic rings. The van der Waals surface area contributed by atoms with E-state index in [2.05, 4.69) is 30.5 Å². The van der Waals surface area contributed by atoms with Crippen LogP contribution in [0.1, 0.15) is 5.56 Å². The van der Waals surface area contributed by atoms with Gasteiger partial charge in [-0.05, 0) is 24.6 Å². The zero-order chi connectivity index (χ0) is 20.1. The van der Waals surface area contributed by atoms with E-state index in [0.29, 0.717) is 17.1 Å². The molecule has 1 aromatic heterocycles. The van der Waals surface area contributed by atoms with E-state index in [1.165, 1.54) is 12.3 Å². The number of carbonyl (C=O) groups excluding carboxylic acids is 1. The van der Waals surface area contributed by atoms with Crippen LogP contribution in [0, 0.1) is 6.92 Å². The lowest BCUT2D eigenvalue weighted by Gasteiger charge is -2.11. The normalized spacial score (nSPS) is 10.9. The highest BCUT2D eigenvalue weighted by Gasteiger charge is 2.10. The maximum atomic E-state index is 12.2. The van der Waals surface area contributed by atoms with Gasteiger partial charge in [0.2, 0.25) is 10.0 Å². The summed E-state index contributed by atoms with van der Waals surface area (Å²) in [5.41, 5.74) is 2.92. The van der Waals surface area contributed by atoms with Crippen molar-refractivity contribution in [3.05, 3.63) is 60.3 Å². The molecule has 0 aliphatic carbocycles. The van der Waals surface area contributed by atoms with Crippen LogP contribution < -0.4 is 15.4 Å². The lowest BCUT2D eigenvalue weighted by Crippen LogP contribution is -2.21. The molecule has 0 fully saturated rings. The lowest BCUT2D eigenvalue weighted by atomic mass is 10.2. The fourth-order valence-electron chi connectivity index (χ4n) is 2.38. The zero-order valence-electron chi connectivity index (χ0n) is 15.2. The van der Waals surface area contributed by atoms with Gasteiger partial charge in [0.25, 0.3) is 5.95 Å². The summed E-state index contributed by atoms with van der Waals surface area (Å²) in [6.07, 6.45) is 2.56. The molecule has 3 aromatic rings. The molecule has 3 N–H and O–H groups in total. The first-order valence-corrected chi connectivity index (χ1v) is 10.1. The Bertz CT molecular complexity index is 1100. The molecule has 1 heterocycles. The second kappa shape index (κ2) is 8.01. The number of hydrogen-bond donors (Lipinski definition) is 3. The Morgan fingerprint density at radius 2 is 1.79 bits per heavy atom. The Hall–Kier alpha value is -3.53. The van der Waals surface area contributed by atoms with Gasteiger partial charge in [0.05, 0.1) is 23.8 Å². The predicted molar refractivity (Wildman–Crippen MR) is 108 cm³/mol. The molecule has 0 bridgehead atoms. The van der Waals surface area contributed by atoms with E-state index in [4.69, 9.17) is 0 Å². The molecule has 9 nitrogen and oxygen atoms in total. The molecular formula is C18H18N6O3S. The number of nitrogens with one attached hydrogen (secondary N) is 3. The van der Waals surface area contributed by atoms with Crippen LogP contribution in [0.4, 0.5) is 22.1 Å². The van der Waals surface area contributed by atoms with Crippen molar-refractivity contribution in [2.24, 2.45) is 0 Å². The zero-order valence-corrected chi connectivity index (χ0v) is 16.0. The molecular weight excluding hydrogens is 380 g/mol. The van der Waals surface area contributed by atoms with Crippen molar-refractivity contribution in [3.8, 4) is 11.3 Å². The van der Waals surface area contributed by atoms with E-state index < -0.39 is 16.1 Å². The monoisotopic (exact) mass is 398 g/mol. The van der Waals surface area contributed by atoms with Crippen molar-refractivity contribution in [2.75, 3.05) is 21.6 Å². The van der Waals surface area contributed by atoms with Crippen molar-refractivity contribution in [1.82, 2.24) is 15.2 Å². The molecule has 2 aromatic carbocycles. The summed E-state index contributed by atoms with van der Waals surface area (Å²) in [5.74, 6) is 0.0421. The van der Waals surface area contributed by atoms with Crippen LogP contribution in [0.5, 0.6) is 0 Å². The van der Waals surface area contributed by atoms with E-state index >= 15 is 0 Å². The largest absolute Gasteiger partial charge is 0.326 e. The van der Waals surface area contributed by atoms with Crippen LogP contribution in [0.2, 0.25) is 0 Å². The average molecular weight is 398 g/mol. The molecule has 0 atom stereocenters. The number of sulfonamides is 1. The van der Waals surface area contributed by atoms with Crippen LogP contribution in [0.25, 0.3) is 11.3 Å². The molecule has 0 unspecified atom stereocenters. The van der Waals surface area contributed by atoms with Crippen LogP contribution in [0.15, 0.2) is 54.7 Å². The first-order valence-electron chi connectivity index (χ1n) is 8.22. The second-order valence-electron chi connectivity index (χ2n) is 6.01. The Balaban J connectivity index is 1.72. The molecule has 10 heteroatoms. The Labute approximate surface area is 162 Å². The number of amides is 2. The van der Waals surface area contributed by atoms with Gasteiger partial charge >= 0.3 is 6.03 Å². The minimum Gasteiger partial charge on any atom is -0.308 e. The number of nitrogens with zero attached hydrogens (tertiary/aromatic N) is 3. The van der Waals surface area contributed by atoms with E-state index in [-0.39, 0.29) is 5.95 Å². The predicted octanol–water partition coefficient (Wildman–Crippen LogP) is 2.86. The molecule has 0 saturated heterocycles. The standard InChI is InChI=1S/C18H18N6O3S/c1-12-8-9-14(10-15(12)24-28(2,26)27)20-18(25)22-17-21-16(11-19-23-17)13-6-4-3-5-7-13/h3-11,24H,1-2H3,(H2,20,21,22,23,25). The highest BCUT2D eigenvalue weighted by Crippen LogP contribution is 2.21. The molecule has 0 saturated carbocycles. The van der Waals surface area contributed by atoms with Crippen LogP contribution in [-0.2, 0) is 10.0 Å². The fourth-order valence-corrected chi connectivity index (χ4v) is 3.00. The number of carbonyl (C=O) groups is 1. The molecule has 0 spiro atoms. The van der Waals surface area contributed by atoms with Gasteiger partial charge in [-0.2, -0.15) is 5.10 Å². The van der Waals surface area contributed by atoms with Gasteiger partial charge in [0.1, 0.15) is 0 Å². The molecule has 28 heavy (non-hydrogen) atoms. The number of benzene rings is 2. The molecule has 144 valence electrons. The number of urea groups is 1. The molecule has 0 radical (unpaired) electrons. The highest BCUT2D eigenvalue weighted by molar-refractivity contribution is 7.92.